The van der Waals surface area contributed by atoms with Gasteiger partial charge in [-0.3, -0.25) is 4.98 Å². The van der Waals surface area contributed by atoms with Crippen molar-refractivity contribution in [1.82, 2.24) is 4.98 Å². The number of fused-ring (bicyclic) bond motifs is 6. The zero-order valence-corrected chi connectivity index (χ0v) is 26.2. The standard InChI is InChI=1S/C36H29B2FN2OS/c1-36(2,3)29-30(37)32(41-35(38)31(29)39)25-11-8-10-23-24-16-14-20(18-40)28(34(24)42-33(23)25)19-13-15-22-21-9-6-7-12-26(21)43(4,5)27(22)17-19/h6,8-11,13-17H,37-38H2,1-5H3. The van der Waals surface area contributed by atoms with Crippen molar-refractivity contribution in [2.45, 2.75) is 36.0 Å². The summed E-state index contributed by atoms with van der Waals surface area (Å²) in [5.41, 5.74) is 9.00. The van der Waals surface area contributed by atoms with Crippen molar-refractivity contribution in [1.29, 1.82) is 5.26 Å². The third-order valence-electron chi connectivity index (χ3n) is 8.72. The number of halogens is 1. The molecule has 6 aromatic rings. The molecule has 0 saturated carbocycles. The van der Waals surface area contributed by atoms with Crippen LogP contribution in [0.15, 0.2) is 74.9 Å². The number of rotatable bonds is 2. The lowest BCUT2D eigenvalue weighted by Gasteiger charge is -2.27. The minimum absolute atomic E-state index is 0.259. The van der Waals surface area contributed by atoms with Crippen molar-refractivity contribution in [3.8, 4) is 39.6 Å². The van der Waals surface area contributed by atoms with Gasteiger partial charge < -0.3 is 4.42 Å². The number of hydrogen-bond acceptors (Lipinski definition) is 3. The monoisotopic (exact) mass is 578 g/mol. The molecule has 4 aromatic carbocycles. The van der Waals surface area contributed by atoms with Gasteiger partial charge in [-0.2, -0.15) is 15.3 Å². The second-order valence-electron chi connectivity index (χ2n) is 12.8. The average Bonchev–Trinajstić information content (AvgIpc) is 3.46. The molecule has 0 unspecified atom stereocenters. The molecule has 0 N–H and O–H groups in total. The Labute approximate surface area is 254 Å². The van der Waals surface area contributed by atoms with E-state index in [1.54, 1.807) is 7.85 Å². The second-order valence-corrected chi connectivity index (χ2v) is 16.3. The van der Waals surface area contributed by atoms with E-state index in [4.69, 9.17) is 9.40 Å². The van der Waals surface area contributed by atoms with E-state index in [1.165, 1.54) is 20.9 Å². The summed E-state index contributed by atoms with van der Waals surface area (Å²) in [6.07, 6.45) is 4.58. The number of benzene rings is 3. The number of para-hydroxylation sites is 1. The molecular formula is C36H29B2FN2OS. The van der Waals surface area contributed by atoms with E-state index in [9.17, 15) is 5.26 Å². The highest BCUT2D eigenvalue weighted by molar-refractivity contribution is 8.33. The lowest BCUT2D eigenvalue weighted by Crippen LogP contribution is -2.34. The molecular weight excluding hydrogens is 549 g/mol. The first-order valence-corrected chi connectivity index (χ1v) is 16.7. The molecule has 0 aliphatic carbocycles. The molecule has 0 saturated heterocycles. The molecule has 208 valence electrons. The lowest BCUT2D eigenvalue weighted by molar-refractivity contribution is 0.528. The van der Waals surface area contributed by atoms with Gasteiger partial charge in [-0.1, -0.05) is 62.6 Å². The number of aromatic nitrogens is 1. The van der Waals surface area contributed by atoms with Crippen LogP contribution in [0.4, 0.5) is 4.39 Å². The summed E-state index contributed by atoms with van der Waals surface area (Å²) in [7, 11) is 2.35. The summed E-state index contributed by atoms with van der Waals surface area (Å²) in [5.74, 6) is -0.259. The van der Waals surface area contributed by atoms with Crippen LogP contribution in [0.5, 0.6) is 0 Å². The van der Waals surface area contributed by atoms with Crippen molar-refractivity contribution in [2.75, 3.05) is 12.5 Å². The maximum atomic E-state index is 15.4. The first-order valence-electron chi connectivity index (χ1n) is 14.3. The summed E-state index contributed by atoms with van der Waals surface area (Å²) in [5, 5.41) is 12.1. The van der Waals surface area contributed by atoms with Crippen LogP contribution in [0.25, 0.3) is 55.4 Å². The summed E-state index contributed by atoms with van der Waals surface area (Å²) in [6, 6.07) is 29.3. The first-order chi connectivity index (χ1) is 20.4. The Hall–Kier alpha value is -4.45. The molecule has 0 spiro atoms. The van der Waals surface area contributed by atoms with Gasteiger partial charge in [-0.05, 0) is 71.0 Å². The molecule has 7 heteroatoms. The van der Waals surface area contributed by atoms with Gasteiger partial charge in [-0.25, -0.2) is 4.39 Å². The predicted molar refractivity (Wildman–Crippen MR) is 181 cm³/mol. The van der Waals surface area contributed by atoms with E-state index in [0.717, 1.165) is 32.9 Å². The number of hydrogen-bond donors (Lipinski definition) is 0. The van der Waals surface area contributed by atoms with Gasteiger partial charge in [0.15, 0.2) is 7.85 Å². The van der Waals surface area contributed by atoms with Gasteiger partial charge in [0.25, 0.3) is 0 Å². The van der Waals surface area contributed by atoms with Gasteiger partial charge in [-0.15, -0.1) is 0 Å². The zero-order chi connectivity index (χ0) is 30.4. The largest absolute Gasteiger partial charge is 0.455 e. The molecule has 0 atom stereocenters. The minimum atomic E-state index is -1.30. The van der Waals surface area contributed by atoms with E-state index in [1.807, 2.05) is 65.0 Å². The fourth-order valence-corrected chi connectivity index (χ4v) is 9.18. The normalized spacial score (nSPS) is 14.3. The van der Waals surface area contributed by atoms with Crippen molar-refractivity contribution in [3.63, 3.8) is 0 Å². The van der Waals surface area contributed by atoms with E-state index < -0.39 is 15.4 Å². The van der Waals surface area contributed by atoms with Crippen LogP contribution >= 0.6 is 10.0 Å². The molecule has 0 fully saturated rings. The molecule has 0 amide bonds. The third-order valence-corrected chi connectivity index (χ3v) is 11.5. The van der Waals surface area contributed by atoms with Crippen LogP contribution in [0.2, 0.25) is 0 Å². The van der Waals surface area contributed by atoms with Crippen LogP contribution in [0, 0.1) is 29.3 Å². The fraction of sp³-hybridized carbons (Fsp3) is 0.167. The van der Waals surface area contributed by atoms with E-state index >= 15 is 4.39 Å². The molecule has 0 radical (unpaired) electrons. The minimum Gasteiger partial charge on any atom is -0.455 e. The molecule has 43 heavy (non-hydrogen) atoms. The highest BCUT2D eigenvalue weighted by Gasteiger charge is 2.33. The lowest BCUT2D eigenvalue weighted by atomic mass is 9.74. The Kier molecular flexibility index (Phi) is 5.91. The van der Waals surface area contributed by atoms with Gasteiger partial charge in [0.2, 0.25) is 0 Å². The highest BCUT2D eigenvalue weighted by atomic mass is 32.3. The quantitative estimate of drug-likeness (QED) is 0.230. The molecule has 3 nitrogen and oxygen atoms in total. The SMILES string of the molecule is Bc1nc(-c2cccc3c2oc2c(-c4ccc5c(c4)S(C)(C)c4c#cccc4-5)c(C#N)ccc23)c(B)c(C(C)(C)C)c1F. The summed E-state index contributed by atoms with van der Waals surface area (Å²) in [6.45, 7) is 6.06. The van der Waals surface area contributed by atoms with Gasteiger partial charge in [0.1, 0.15) is 24.8 Å². The second kappa shape index (κ2) is 9.27. The smallest absolute Gasteiger partial charge is 0.167 e. The van der Waals surface area contributed by atoms with Crippen LogP contribution in [-0.2, 0) is 5.41 Å². The number of pyridine rings is 1. The maximum absolute atomic E-state index is 15.4. The Morgan fingerprint density at radius 1 is 0.953 bits per heavy atom. The molecule has 1 aliphatic rings. The molecule has 3 heterocycles. The fourth-order valence-electron chi connectivity index (χ4n) is 6.77. The van der Waals surface area contributed by atoms with Crippen LogP contribution in [0.3, 0.4) is 0 Å². The van der Waals surface area contributed by atoms with Crippen molar-refractivity contribution >= 4 is 58.7 Å². The van der Waals surface area contributed by atoms with E-state index in [0.29, 0.717) is 33.6 Å². The van der Waals surface area contributed by atoms with Crippen LogP contribution in [0.1, 0.15) is 31.9 Å². The summed E-state index contributed by atoms with van der Waals surface area (Å²) in [4.78, 5) is 7.21. The number of furan rings is 1. The Morgan fingerprint density at radius 2 is 1.72 bits per heavy atom. The van der Waals surface area contributed by atoms with Crippen LogP contribution < -0.4 is 11.1 Å². The number of nitrogens with zero attached hydrogens (tertiary/aromatic N) is 2. The van der Waals surface area contributed by atoms with Gasteiger partial charge in [0.05, 0.1) is 22.2 Å². The Bertz CT molecular complexity index is 2200. The molecule has 1 aliphatic heterocycles. The third kappa shape index (κ3) is 3.88. The van der Waals surface area contributed by atoms with Gasteiger partial charge >= 0.3 is 0 Å². The maximum Gasteiger partial charge on any atom is 0.167 e. The highest BCUT2D eigenvalue weighted by Crippen LogP contribution is 2.67. The molecule has 0 bridgehead atoms. The van der Waals surface area contributed by atoms with Crippen molar-refractivity contribution < 1.29 is 8.81 Å². The summed E-state index contributed by atoms with van der Waals surface area (Å²) >= 11 is 0. The molecule has 2 aromatic heterocycles. The van der Waals surface area contributed by atoms with Crippen molar-refractivity contribution in [3.05, 3.63) is 89.7 Å². The van der Waals surface area contributed by atoms with E-state index in [-0.39, 0.29) is 5.82 Å². The number of nitriles is 1. The van der Waals surface area contributed by atoms with Gasteiger partial charge in [0, 0.05) is 38.0 Å². The predicted octanol–water partition coefficient (Wildman–Crippen LogP) is 6.20. The van der Waals surface area contributed by atoms with Crippen molar-refractivity contribution in [2.24, 2.45) is 0 Å². The Balaban J connectivity index is 1.50. The summed E-state index contributed by atoms with van der Waals surface area (Å²) < 4.78 is 22.1. The Morgan fingerprint density at radius 3 is 2.47 bits per heavy atom. The zero-order valence-electron chi connectivity index (χ0n) is 25.4. The first kappa shape index (κ1) is 27.4. The molecule has 7 rings (SSSR count). The topological polar surface area (TPSA) is 49.8 Å². The average molecular weight is 578 g/mol. The van der Waals surface area contributed by atoms with Crippen LogP contribution in [-0.4, -0.2) is 33.2 Å². The van der Waals surface area contributed by atoms with E-state index in [2.05, 4.69) is 55.0 Å².